The lowest BCUT2D eigenvalue weighted by Crippen LogP contribution is -2.30. The maximum absolute atomic E-state index is 10.9. The molecule has 4 nitrogen and oxygen atoms in total. The molecule has 0 amide bonds. The molecule has 13 heavy (non-hydrogen) atoms. The summed E-state index contributed by atoms with van der Waals surface area (Å²) in [6, 6.07) is 0. The number of aliphatic carboxylic acids is 1. The van der Waals surface area contributed by atoms with Gasteiger partial charge in [-0.05, 0) is 13.8 Å². The van der Waals surface area contributed by atoms with Gasteiger partial charge in [0.2, 0.25) is 0 Å². The van der Waals surface area contributed by atoms with Crippen molar-refractivity contribution in [3.05, 3.63) is 22.7 Å². The van der Waals surface area contributed by atoms with Gasteiger partial charge in [0.1, 0.15) is 0 Å². The Morgan fingerprint density at radius 3 is 2.46 bits per heavy atom. The zero-order chi connectivity index (χ0) is 10.2. The van der Waals surface area contributed by atoms with E-state index in [2.05, 4.69) is 5.32 Å². The average Bonchev–Trinajstić information content (AvgIpc) is 1.99. The minimum absolute atomic E-state index is 0.209. The Balaban J connectivity index is 3.11. The van der Waals surface area contributed by atoms with E-state index in [1.54, 1.807) is 13.8 Å². The van der Waals surface area contributed by atoms with E-state index >= 15 is 0 Å². The van der Waals surface area contributed by atoms with E-state index in [-0.39, 0.29) is 5.92 Å². The number of hydrogen-bond donors (Lipinski definition) is 3. The standard InChI is InChI=1S/C9H14N2O2/c1-4-7(9(12)13)5(2)11-6(3)8(4)10/h4,11H,10H2,1-3H3,(H,12,13). The molecule has 0 aliphatic carbocycles. The fraction of sp³-hybridized carbons (Fsp3) is 0.444. The second kappa shape index (κ2) is 3.12. The van der Waals surface area contributed by atoms with E-state index in [1.807, 2.05) is 6.92 Å². The Labute approximate surface area is 77.1 Å². The summed E-state index contributed by atoms with van der Waals surface area (Å²) < 4.78 is 0. The van der Waals surface area contributed by atoms with Gasteiger partial charge < -0.3 is 16.2 Å². The molecule has 72 valence electrons. The summed E-state index contributed by atoms with van der Waals surface area (Å²) in [6.07, 6.45) is 0. The van der Waals surface area contributed by atoms with Crippen LogP contribution < -0.4 is 11.1 Å². The number of carboxylic acid groups (broad SMARTS) is 1. The molecule has 1 aliphatic rings. The van der Waals surface area contributed by atoms with Crippen LogP contribution in [0.2, 0.25) is 0 Å². The van der Waals surface area contributed by atoms with Crippen molar-refractivity contribution in [2.45, 2.75) is 20.8 Å². The highest BCUT2D eigenvalue weighted by molar-refractivity contribution is 5.89. The minimum atomic E-state index is -0.909. The topological polar surface area (TPSA) is 75.4 Å². The van der Waals surface area contributed by atoms with E-state index < -0.39 is 5.97 Å². The average molecular weight is 182 g/mol. The first kappa shape index (κ1) is 9.64. The van der Waals surface area contributed by atoms with Crippen molar-refractivity contribution in [1.29, 1.82) is 0 Å². The SMILES string of the molecule is CC1=C(N)C(C)C(C(=O)O)=C(C)N1. The molecule has 0 bridgehead atoms. The van der Waals surface area contributed by atoms with Crippen LogP contribution >= 0.6 is 0 Å². The number of dihydropyridines is 1. The maximum atomic E-state index is 10.9. The first-order valence-corrected chi connectivity index (χ1v) is 4.12. The second-order valence-corrected chi connectivity index (χ2v) is 3.27. The van der Waals surface area contributed by atoms with Gasteiger partial charge in [-0.2, -0.15) is 0 Å². The van der Waals surface area contributed by atoms with Crippen molar-refractivity contribution in [1.82, 2.24) is 5.32 Å². The van der Waals surface area contributed by atoms with Gasteiger partial charge in [-0.3, -0.25) is 0 Å². The van der Waals surface area contributed by atoms with Crippen LogP contribution in [0, 0.1) is 5.92 Å². The van der Waals surface area contributed by atoms with Gasteiger partial charge >= 0.3 is 5.97 Å². The molecule has 1 unspecified atom stereocenters. The molecule has 4 heteroatoms. The van der Waals surface area contributed by atoms with E-state index in [9.17, 15) is 4.79 Å². The van der Waals surface area contributed by atoms with E-state index in [1.165, 1.54) is 0 Å². The molecule has 4 N–H and O–H groups in total. The van der Waals surface area contributed by atoms with E-state index in [0.717, 1.165) is 5.70 Å². The van der Waals surface area contributed by atoms with Gasteiger partial charge in [-0.1, -0.05) is 6.92 Å². The Morgan fingerprint density at radius 1 is 1.46 bits per heavy atom. The largest absolute Gasteiger partial charge is 0.478 e. The van der Waals surface area contributed by atoms with E-state index in [4.69, 9.17) is 10.8 Å². The number of hydrogen-bond acceptors (Lipinski definition) is 3. The molecule has 1 atom stereocenters. The van der Waals surface area contributed by atoms with Crippen LogP contribution in [0.5, 0.6) is 0 Å². The third-order valence-corrected chi connectivity index (χ3v) is 2.34. The summed E-state index contributed by atoms with van der Waals surface area (Å²) in [5.74, 6) is -1.12. The number of nitrogens with two attached hydrogens (primary N) is 1. The Bertz CT molecular complexity index is 316. The predicted octanol–water partition coefficient (Wildman–Crippen LogP) is 0.774. The molecule has 0 aromatic heterocycles. The maximum Gasteiger partial charge on any atom is 0.334 e. The molecule has 0 aromatic carbocycles. The summed E-state index contributed by atoms with van der Waals surface area (Å²) in [4.78, 5) is 10.9. The van der Waals surface area contributed by atoms with Gasteiger partial charge in [0.25, 0.3) is 0 Å². The quantitative estimate of drug-likeness (QED) is 0.560. The lowest BCUT2D eigenvalue weighted by molar-refractivity contribution is -0.133. The van der Waals surface area contributed by atoms with Crippen LogP contribution in [-0.4, -0.2) is 11.1 Å². The summed E-state index contributed by atoms with van der Waals surface area (Å²) in [7, 11) is 0. The fourth-order valence-corrected chi connectivity index (χ4v) is 1.57. The number of carbonyl (C=O) groups is 1. The highest BCUT2D eigenvalue weighted by Crippen LogP contribution is 2.25. The van der Waals surface area contributed by atoms with Crippen molar-refractivity contribution < 1.29 is 9.90 Å². The molecule has 0 radical (unpaired) electrons. The molecule has 0 aromatic rings. The molecule has 1 heterocycles. The molecule has 0 saturated heterocycles. The summed E-state index contributed by atoms with van der Waals surface area (Å²) in [5.41, 5.74) is 8.20. The molecule has 1 rings (SSSR count). The number of rotatable bonds is 1. The zero-order valence-electron chi connectivity index (χ0n) is 8.01. The van der Waals surface area contributed by atoms with Gasteiger partial charge in [0.15, 0.2) is 0 Å². The van der Waals surface area contributed by atoms with Gasteiger partial charge in [-0.15, -0.1) is 0 Å². The third kappa shape index (κ3) is 1.52. The normalized spacial score (nSPS) is 23.2. The monoisotopic (exact) mass is 182 g/mol. The number of carboxylic acids is 1. The summed E-state index contributed by atoms with van der Waals surface area (Å²) in [5, 5.41) is 11.9. The Morgan fingerprint density at radius 2 is 2.00 bits per heavy atom. The Hall–Kier alpha value is -1.45. The van der Waals surface area contributed by atoms with Crippen molar-refractivity contribution in [2.24, 2.45) is 11.7 Å². The number of nitrogens with one attached hydrogen (secondary N) is 1. The van der Waals surface area contributed by atoms with Crippen LogP contribution in [-0.2, 0) is 4.79 Å². The molecule has 0 saturated carbocycles. The lowest BCUT2D eigenvalue weighted by Gasteiger charge is -2.25. The molecule has 0 spiro atoms. The van der Waals surface area contributed by atoms with Gasteiger partial charge in [-0.25, -0.2) is 4.79 Å². The highest BCUT2D eigenvalue weighted by Gasteiger charge is 2.26. The molecular weight excluding hydrogens is 168 g/mol. The van der Waals surface area contributed by atoms with Crippen molar-refractivity contribution in [2.75, 3.05) is 0 Å². The Kier molecular flexibility index (Phi) is 2.32. The molecule has 0 fully saturated rings. The van der Waals surface area contributed by atoms with Crippen LogP contribution in [0.15, 0.2) is 22.7 Å². The van der Waals surface area contributed by atoms with Crippen LogP contribution in [0.3, 0.4) is 0 Å². The fourth-order valence-electron chi connectivity index (χ4n) is 1.57. The summed E-state index contributed by atoms with van der Waals surface area (Å²) in [6.45, 7) is 5.39. The zero-order valence-corrected chi connectivity index (χ0v) is 8.01. The predicted molar refractivity (Wildman–Crippen MR) is 49.5 cm³/mol. The second-order valence-electron chi connectivity index (χ2n) is 3.27. The van der Waals surface area contributed by atoms with Gasteiger partial charge in [0, 0.05) is 23.0 Å². The molecular formula is C9H14N2O2. The van der Waals surface area contributed by atoms with E-state index in [0.29, 0.717) is 17.0 Å². The lowest BCUT2D eigenvalue weighted by atomic mass is 9.92. The van der Waals surface area contributed by atoms with Gasteiger partial charge in [0.05, 0.1) is 5.57 Å². The smallest absolute Gasteiger partial charge is 0.334 e. The first-order chi connectivity index (χ1) is 5.95. The third-order valence-electron chi connectivity index (χ3n) is 2.34. The number of allylic oxidation sites excluding steroid dienone is 3. The highest BCUT2D eigenvalue weighted by atomic mass is 16.4. The van der Waals surface area contributed by atoms with Crippen molar-refractivity contribution >= 4 is 5.97 Å². The van der Waals surface area contributed by atoms with Crippen molar-refractivity contribution in [3.63, 3.8) is 0 Å². The van der Waals surface area contributed by atoms with Crippen LogP contribution in [0.1, 0.15) is 20.8 Å². The minimum Gasteiger partial charge on any atom is -0.478 e. The van der Waals surface area contributed by atoms with Crippen molar-refractivity contribution in [3.8, 4) is 0 Å². The summed E-state index contributed by atoms with van der Waals surface area (Å²) >= 11 is 0. The first-order valence-electron chi connectivity index (χ1n) is 4.12. The van der Waals surface area contributed by atoms with Crippen LogP contribution in [0.4, 0.5) is 0 Å². The van der Waals surface area contributed by atoms with Crippen LogP contribution in [0.25, 0.3) is 0 Å². The molecule has 1 aliphatic heterocycles.